The Morgan fingerprint density at radius 1 is 0.960 bits per heavy atom. The van der Waals surface area contributed by atoms with Gasteiger partial charge in [-0.1, -0.05) is 67.6 Å². The first-order chi connectivity index (χ1) is 11.0. The molecule has 1 unspecified atom stereocenters. The SMILES string of the molecule is CCC(=O)C(CC(C)N(C)C)(c1ccccc1)c1ccccc1.Cl.N. The molecular formula is C21H31ClN2O. The molecule has 0 aliphatic heterocycles. The zero-order valence-electron chi connectivity index (χ0n) is 15.7. The molecule has 138 valence electrons. The van der Waals surface area contributed by atoms with Crippen molar-refractivity contribution in [1.29, 1.82) is 0 Å². The molecule has 25 heavy (non-hydrogen) atoms. The number of benzene rings is 2. The molecule has 0 aliphatic carbocycles. The van der Waals surface area contributed by atoms with E-state index in [2.05, 4.69) is 50.2 Å². The molecule has 0 radical (unpaired) electrons. The van der Waals surface area contributed by atoms with Gasteiger partial charge in [0.15, 0.2) is 0 Å². The summed E-state index contributed by atoms with van der Waals surface area (Å²) in [5.74, 6) is 0.281. The highest BCUT2D eigenvalue weighted by molar-refractivity contribution is 5.93. The van der Waals surface area contributed by atoms with Gasteiger partial charge in [0.2, 0.25) is 0 Å². The van der Waals surface area contributed by atoms with Gasteiger partial charge in [-0.3, -0.25) is 4.79 Å². The summed E-state index contributed by atoms with van der Waals surface area (Å²) in [5, 5.41) is 0. The van der Waals surface area contributed by atoms with Crippen LogP contribution in [0.25, 0.3) is 0 Å². The van der Waals surface area contributed by atoms with Crippen molar-refractivity contribution in [3.63, 3.8) is 0 Å². The average Bonchev–Trinajstić information content (AvgIpc) is 2.60. The maximum Gasteiger partial charge on any atom is 0.147 e. The van der Waals surface area contributed by atoms with Crippen molar-refractivity contribution in [3.05, 3.63) is 71.8 Å². The van der Waals surface area contributed by atoms with E-state index in [0.29, 0.717) is 12.5 Å². The van der Waals surface area contributed by atoms with Gasteiger partial charge in [0.1, 0.15) is 5.78 Å². The van der Waals surface area contributed by atoms with Crippen molar-refractivity contribution in [2.24, 2.45) is 0 Å². The number of nitrogens with zero attached hydrogens (tertiary/aromatic N) is 1. The number of Topliss-reactive ketones (excluding diaryl/α,β-unsaturated/α-hetero) is 1. The first-order valence-corrected chi connectivity index (χ1v) is 8.33. The fraction of sp³-hybridized carbons (Fsp3) is 0.381. The summed E-state index contributed by atoms with van der Waals surface area (Å²) in [5.41, 5.74) is 1.60. The molecule has 2 rings (SSSR count). The van der Waals surface area contributed by atoms with Gasteiger partial charge < -0.3 is 11.1 Å². The molecule has 0 amide bonds. The van der Waals surface area contributed by atoms with Crippen LogP contribution < -0.4 is 6.15 Å². The summed E-state index contributed by atoms with van der Waals surface area (Å²) in [7, 11) is 4.14. The molecule has 1 atom stereocenters. The highest BCUT2D eigenvalue weighted by atomic mass is 35.5. The van der Waals surface area contributed by atoms with Crippen LogP contribution in [0, 0.1) is 0 Å². The van der Waals surface area contributed by atoms with E-state index in [1.807, 2.05) is 43.3 Å². The lowest BCUT2D eigenvalue weighted by Crippen LogP contribution is -2.42. The third-order valence-corrected chi connectivity index (χ3v) is 4.81. The Morgan fingerprint density at radius 2 is 1.36 bits per heavy atom. The van der Waals surface area contributed by atoms with Crippen LogP contribution in [0.15, 0.2) is 60.7 Å². The van der Waals surface area contributed by atoms with E-state index >= 15 is 0 Å². The second kappa shape index (κ2) is 10.3. The lowest BCUT2D eigenvalue weighted by molar-refractivity contribution is -0.123. The van der Waals surface area contributed by atoms with Crippen LogP contribution in [0.2, 0.25) is 0 Å². The third kappa shape index (κ3) is 4.91. The zero-order valence-corrected chi connectivity index (χ0v) is 16.6. The van der Waals surface area contributed by atoms with E-state index in [9.17, 15) is 4.79 Å². The quantitative estimate of drug-likeness (QED) is 0.763. The standard InChI is InChI=1S/C21H27NO.ClH.H3N/c1-5-20(23)21(16-17(2)22(3)4,18-12-8-6-9-13-18)19-14-10-7-11-15-19;;/h6-15,17H,5,16H2,1-4H3;1H;1H3. The van der Waals surface area contributed by atoms with E-state index in [4.69, 9.17) is 0 Å². The minimum atomic E-state index is -0.582. The monoisotopic (exact) mass is 362 g/mol. The van der Waals surface area contributed by atoms with Gasteiger partial charge in [0.05, 0.1) is 5.41 Å². The Balaban J connectivity index is 0.00000288. The fourth-order valence-corrected chi connectivity index (χ4v) is 3.21. The van der Waals surface area contributed by atoms with Crippen molar-refractivity contribution in [1.82, 2.24) is 11.1 Å². The first-order valence-electron chi connectivity index (χ1n) is 8.33. The summed E-state index contributed by atoms with van der Waals surface area (Å²) in [6.45, 7) is 4.15. The maximum absolute atomic E-state index is 13.2. The van der Waals surface area contributed by atoms with Gasteiger partial charge in [0, 0.05) is 12.5 Å². The molecule has 0 heterocycles. The maximum atomic E-state index is 13.2. The van der Waals surface area contributed by atoms with Crippen molar-refractivity contribution < 1.29 is 4.79 Å². The third-order valence-electron chi connectivity index (χ3n) is 4.81. The van der Waals surface area contributed by atoms with E-state index < -0.39 is 5.41 Å². The van der Waals surface area contributed by atoms with Crippen molar-refractivity contribution in [3.8, 4) is 0 Å². The van der Waals surface area contributed by atoms with E-state index in [1.165, 1.54) is 0 Å². The van der Waals surface area contributed by atoms with E-state index in [0.717, 1.165) is 17.5 Å². The minimum Gasteiger partial charge on any atom is -0.344 e. The molecule has 2 aromatic carbocycles. The molecule has 0 aromatic heterocycles. The lowest BCUT2D eigenvalue weighted by atomic mass is 9.67. The topological polar surface area (TPSA) is 55.3 Å². The van der Waals surface area contributed by atoms with Crippen LogP contribution in [0.3, 0.4) is 0 Å². The van der Waals surface area contributed by atoms with Crippen molar-refractivity contribution in [2.45, 2.75) is 38.1 Å². The molecule has 0 spiro atoms. The number of carbonyl (C=O) groups excluding carboxylic acids is 1. The van der Waals surface area contributed by atoms with Crippen LogP contribution in [-0.4, -0.2) is 30.8 Å². The summed E-state index contributed by atoms with van der Waals surface area (Å²) in [6.07, 6.45) is 1.31. The summed E-state index contributed by atoms with van der Waals surface area (Å²) < 4.78 is 0. The summed E-state index contributed by atoms with van der Waals surface area (Å²) in [6, 6.07) is 20.7. The number of hydrogen-bond donors (Lipinski definition) is 1. The molecule has 3 N–H and O–H groups in total. The Hall–Kier alpha value is -1.68. The molecule has 0 aliphatic rings. The molecule has 2 aromatic rings. The van der Waals surface area contributed by atoms with Crippen LogP contribution in [0.5, 0.6) is 0 Å². The Labute approximate surface area is 158 Å². The molecule has 0 saturated carbocycles. The number of rotatable bonds is 7. The molecule has 3 nitrogen and oxygen atoms in total. The van der Waals surface area contributed by atoms with Gasteiger partial charge in [-0.15, -0.1) is 12.4 Å². The van der Waals surface area contributed by atoms with Crippen molar-refractivity contribution in [2.75, 3.05) is 14.1 Å². The summed E-state index contributed by atoms with van der Waals surface area (Å²) in [4.78, 5) is 15.4. The van der Waals surface area contributed by atoms with Crippen molar-refractivity contribution >= 4 is 18.2 Å². The van der Waals surface area contributed by atoms with Gasteiger partial charge in [-0.25, -0.2) is 0 Å². The molecule has 0 saturated heterocycles. The van der Waals surface area contributed by atoms with Gasteiger partial charge in [-0.2, -0.15) is 0 Å². The number of ketones is 1. The Kier molecular flexibility index (Phi) is 9.65. The van der Waals surface area contributed by atoms with Crippen LogP contribution in [-0.2, 0) is 10.2 Å². The van der Waals surface area contributed by atoms with Crippen LogP contribution >= 0.6 is 12.4 Å². The zero-order chi connectivity index (χ0) is 16.9. The largest absolute Gasteiger partial charge is 0.344 e. The smallest absolute Gasteiger partial charge is 0.147 e. The fourth-order valence-electron chi connectivity index (χ4n) is 3.21. The molecule has 4 heteroatoms. The normalized spacial score (nSPS) is 12.0. The molecule has 0 fully saturated rings. The second-order valence-electron chi connectivity index (χ2n) is 6.43. The Morgan fingerprint density at radius 3 is 1.68 bits per heavy atom. The number of halogens is 1. The lowest BCUT2D eigenvalue weighted by Gasteiger charge is -2.37. The average molecular weight is 363 g/mol. The predicted octanol–water partition coefficient (Wildman–Crippen LogP) is 4.88. The number of carbonyl (C=O) groups is 1. The Bertz CT molecular complexity index is 589. The summed E-state index contributed by atoms with van der Waals surface area (Å²) >= 11 is 0. The molecule has 0 bridgehead atoms. The van der Waals surface area contributed by atoms with E-state index in [1.54, 1.807) is 0 Å². The van der Waals surface area contributed by atoms with E-state index in [-0.39, 0.29) is 24.3 Å². The molecular weight excluding hydrogens is 332 g/mol. The highest BCUT2D eigenvalue weighted by Crippen LogP contribution is 2.39. The first kappa shape index (κ1) is 23.3. The number of hydrogen-bond acceptors (Lipinski definition) is 3. The second-order valence-corrected chi connectivity index (χ2v) is 6.43. The highest BCUT2D eigenvalue weighted by Gasteiger charge is 2.41. The van der Waals surface area contributed by atoms with Crippen LogP contribution in [0.4, 0.5) is 0 Å². The minimum absolute atomic E-state index is 0. The van der Waals surface area contributed by atoms with Gasteiger partial charge in [0.25, 0.3) is 0 Å². The van der Waals surface area contributed by atoms with Gasteiger partial charge >= 0.3 is 0 Å². The van der Waals surface area contributed by atoms with Gasteiger partial charge in [-0.05, 0) is 38.6 Å². The predicted molar refractivity (Wildman–Crippen MR) is 109 cm³/mol. The van der Waals surface area contributed by atoms with Crippen LogP contribution in [0.1, 0.15) is 37.8 Å².